The van der Waals surface area contributed by atoms with Gasteiger partial charge in [0.1, 0.15) is 17.5 Å². The first-order chi connectivity index (χ1) is 18.7. The van der Waals surface area contributed by atoms with E-state index < -0.39 is 20.8 Å². The average Bonchev–Trinajstić information content (AvgIpc) is 2.93. The van der Waals surface area contributed by atoms with Gasteiger partial charge < -0.3 is 20.5 Å². The highest BCUT2D eigenvalue weighted by Gasteiger charge is 2.30. The molecule has 2 aromatic carbocycles. The number of pyridine rings is 1. The Morgan fingerprint density at radius 2 is 1.56 bits per heavy atom. The first-order valence-corrected chi connectivity index (χ1v) is 14.4. The molecule has 10 nitrogen and oxygen atoms in total. The van der Waals surface area contributed by atoms with Crippen molar-refractivity contribution < 1.29 is 13.2 Å². The third-order valence-electron chi connectivity index (χ3n) is 7.00. The molecular formula is C28H34N6O4S. The first kappa shape index (κ1) is 27.9. The molecule has 4 rings (SSSR count). The van der Waals surface area contributed by atoms with E-state index >= 15 is 0 Å². The lowest BCUT2D eigenvalue weighted by Gasteiger charge is -2.32. The molecule has 3 aromatic rings. The molecule has 1 aliphatic heterocycles. The Balaban J connectivity index is 1.49. The van der Waals surface area contributed by atoms with Crippen LogP contribution in [0.1, 0.15) is 34.9 Å². The number of nitrogens with two attached hydrogens (primary N) is 1. The number of sulfonamides is 1. The van der Waals surface area contributed by atoms with Crippen LogP contribution in [0.5, 0.6) is 0 Å². The van der Waals surface area contributed by atoms with Crippen molar-refractivity contribution in [3.63, 3.8) is 0 Å². The molecule has 5 N–H and O–H groups in total. The minimum absolute atomic E-state index is 0.0571. The van der Waals surface area contributed by atoms with Crippen molar-refractivity contribution in [1.82, 2.24) is 14.8 Å². The summed E-state index contributed by atoms with van der Waals surface area (Å²) in [5.74, 6) is -0.0178. The summed E-state index contributed by atoms with van der Waals surface area (Å²) in [6, 6.07) is 20.7. The fourth-order valence-electron chi connectivity index (χ4n) is 4.80. The number of nitrogens with zero attached hydrogens (tertiary/aromatic N) is 2. The molecule has 0 bridgehead atoms. The van der Waals surface area contributed by atoms with Crippen LogP contribution in [-0.4, -0.2) is 49.4 Å². The Kier molecular flexibility index (Phi) is 8.70. The number of aromatic nitrogens is 1. The smallest absolute Gasteiger partial charge is 0.275 e. The van der Waals surface area contributed by atoms with Gasteiger partial charge in [-0.15, -0.1) is 0 Å². The van der Waals surface area contributed by atoms with Crippen molar-refractivity contribution in [2.75, 3.05) is 24.4 Å². The largest absolute Gasteiger partial charge is 0.370 e. The standard InChI is InChI=1S/C28H34N6O4S/c1-20-12-13-24(27(36)34(20)19-25(35)31-18-21-14-16-33(17-15-21)28(29)30)32-39(37,38)26(22-8-4-2-5-9-22)23-10-6-3-7-11-23/h2-13,21,26,32H,14-19H2,1H3,(H3,29,30)(H,31,35). The minimum atomic E-state index is -4.09. The van der Waals surface area contributed by atoms with Gasteiger partial charge in [-0.1, -0.05) is 60.7 Å². The second-order valence-electron chi connectivity index (χ2n) is 9.75. The quantitative estimate of drug-likeness (QED) is 0.237. The lowest BCUT2D eigenvalue weighted by Crippen LogP contribution is -2.44. The van der Waals surface area contributed by atoms with E-state index in [-0.39, 0.29) is 30.0 Å². The summed E-state index contributed by atoms with van der Waals surface area (Å²) < 4.78 is 31.1. The number of hydrogen-bond donors (Lipinski definition) is 4. The normalized spacial score (nSPS) is 14.3. The van der Waals surface area contributed by atoms with Crippen LogP contribution in [0.2, 0.25) is 0 Å². The van der Waals surface area contributed by atoms with Crippen molar-refractivity contribution in [2.45, 2.75) is 31.6 Å². The number of guanidine groups is 1. The maximum absolute atomic E-state index is 13.7. The lowest BCUT2D eigenvalue weighted by molar-refractivity contribution is -0.122. The number of benzene rings is 2. The molecule has 0 unspecified atom stereocenters. The zero-order chi connectivity index (χ0) is 28.0. The SMILES string of the molecule is Cc1ccc(NS(=O)(=O)C(c2ccccc2)c2ccccc2)c(=O)n1CC(=O)NCC1CCN(C(=N)N)CC1. The molecule has 1 saturated heterocycles. The summed E-state index contributed by atoms with van der Waals surface area (Å²) in [7, 11) is -4.09. The number of carbonyl (C=O) groups excluding carboxylic acids is 1. The molecule has 1 aromatic heterocycles. The fourth-order valence-corrected chi connectivity index (χ4v) is 6.41. The van der Waals surface area contributed by atoms with E-state index in [0.717, 1.165) is 12.8 Å². The fraction of sp³-hybridized carbons (Fsp3) is 0.321. The summed E-state index contributed by atoms with van der Waals surface area (Å²) in [5, 5.41) is 9.38. The van der Waals surface area contributed by atoms with E-state index in [4.69, 9.17) is 11.1 Å². The maximum atomic E-state index is 13.7. The predicted molar refractivity (Wildman–Crippen MR) is 152 cm³/mol. The van der Waals surface area contributed by atoms with Gasteiger partial charge in [0.05, 0.1) is 0 Å². The second-order valence-corrected chi connectivity index (χ2v) is 11.5. The van der Waals surface area contributed by atoms with Crippen LogP contribution < -0.4 is 21.3 Å². The van der Waals surface area contributed by atoms with E-state index in [1.165, 1.54) is 10.6 Å². The van der Waals surface area contributed by atoms with Crippen molar-refractivity contribution in [1.29, 1.82) is 5.41 Å². The summed E-state index contributed by atoms with van der Waals surface area (Å²) in [4.78, 5) is 27.9. The Morgan fingerprint density at radius 3 is 2.10 bits per heavy atom. The molecule has 0 saturated carbocycles. The van der Waals surface area contributed by atoms with Crippen LogP contribution in [0, 0.1) is 18.3 Å². The summed E-state index contributed by atoms with van der Waals surface area (Å²) in [6.45, 7) is 3.27. The number of nitrogens with one attached hydrogen (secondary N) is 3. The Hall–Kier alpha value is -4.12. The topological polar surface area (TPSA) is 150 Å². The van der Waals surface area contributed by atoms with Crippen LogP contribution in [-0.2, 0) is 21.4 Å². The highest BCUT2D eigenvalue weighted by atomic mass is 32.2. The molecular weight excluding hydrogens is 516 g/mol. The highest BCUT2D eigenvalue weighted by Crippen LogP contribution is 2.31. The van der Waals surface area contributed by atoms with E-state index in [0.29, 0.717) is 36.5 Å². The van der Waals surface area contributed by atoms with Gasteiger partial charge in [-0.25, -0.2) is 8.42 Å². The zero-order valence-electron chi connectivity index (χ0n) is 21.8. The summed E-state index contributed by atoms with van der Waals surface area (Å²) in [5.41, 5.74) is 6.49. The molecule has 39 heavy (non-hydrogen) atoms. The number of anilines is 1. The number of hydrogen-bond acceptors (Lipinski definition) is 5. The predicted octanol–water partition coefficient (Wildman–Crippen LogP) is 2.41. The Bertz CT molecular complexity index is 1430. The van der Waals surface area contributed by atoms with E-state index in [1.54, 1.807) is 66.4 Å². The zero-order valence-corrected chi connectivity index (χ0v) is 22.7. The Morgan fingerprint density at radius 1 is 1.00 bits per heavy atom. The van der Waals surface area contributed by atoms with E-state index in [1.807, 2.05) is 12.1 Å². The summed E-state index contributed by atoms with van der Waals surface area (Å²) >= 11 is 0. The molecule has 2 heterocycles. The highest BCUT2D eigenvalue weighted by molar-refractivity contribution is 7.93. The van der Waals surface area contributed by atoms with Gasteiger partial charge in [0.15, 0.2) is 5.96 Å². The third kappa shape index (κ3) is 6.85. The van der Waals surface area contributed by atoms with E-state index in [9.17, 15) is 18.0 Å². The number of aryl methyl sites for hydroxylation is 1. The molecule has 0 radical (unpaired) electrons. The summed E-state index contributed by atoms with van der Waals surface area (Å²) in [6.07, 6.45) is 1.61. The monoisotopic (exact) mass is 550 g/mol. The van der Waals surface area contributed by atoms with Crippen LogP contribution in [0.15, 0.2) is 77.6 Å². The molecule has 206 valence electrons. The van der Waals surface area contributed by atoms with Crippen LogP contribution in [0.4, 0.5) is 5.69 Å². The molecule has 11 heteroatoms. The van der Waals surface area contributed by atoms with E-state index in [2.05, 4.69) is 10.0 Å². The molecule has 1 aliphatic rings. The minimum Gasteiger partial charge on any atom is -0.370 e. The molecule has 0 aliphatic carbocycles. The number of amides is 1. The average molecular weight is 551 g/mol. The molecule has 0 spiro atoms. The van der Waals surface area contributed by atoms with Crippen molar-refractivity contribution in [3.8, 4) is 0 Å². The van der Waals surface area contributed by atoms with Crippen LogP contribution >= 0.6 is 0 Å². The Labute approximate surface area is 228 Å². The van der Waals surface area contributed by atoms with Gasteiger partial charge in [-0.05, 0) is 48.9 Å². The van der Waals surface area contributed by atoms with Gasteiger partial charge in [0.2, 0.25) is 15.9 Å². The first-order valence-electron chi connectivity index (χ1n) is 12.8. The van der Waals surface area contributed by atoms with Gasteiger partial charge in [-0.3, -0.25) is 19.7 Å². The molecule has 0 atom stereocenters. The lowest BCUT2D eigenvalue weighted by atomic mass is 9.97. The molecule has 1 fully saturated rings. The van der Waals surface area contributed by atoms with Gasteiger partial charge >= 0.3 is 0 Å². The van der Waals surface area contributed by atoms with Gasteiger partial charge in [-0.2, -0.15) is 0 Å². The van der Waals surface area contributed by atoms with Crippen molar-refractivity contribution in [3.05, 3.63) is 100.0 Å². The molecule has 1 amide bonds. The van der Waals surface area contributed by atoms with Gasteiger partial charge in [0.25, 0.3) is 5.56 Å². The number of carbonyl (C=O) groups is 1. The van der Waals surface area contributed by atoms with Crippen molar-refractivity contribution in [2.24, 2.45) is 11.7 Å². The van der Waals surface area contributed by atoms with Gasteiger partial charge in [0, 0.05) is 25.3 Å². The van der Waals surface area contributed by atoms with Crippen LogP contribution in [0.25, 0.3) is 0 Å². The third-order valence-corrected chi connectivity index (χ3v) is 8.67. The number of rotatable bonds is 9. The second kappa shape index (κ2) is 12.2. The maximum Gasteiger partial charge on any atom is 0.275 e. The number of piperidine rings is 1. The number of likely N-dealkylation sites (tertiary alicyclic amines) is 1. The van der Waals surface area contributed by atoms with Crippen LogP contribution in [0.3, 0.4) is 0 Å². The van der Waals surface area contributed by atoms with Crippen molar-refractivity contribution >= 4 is 27.6 Å².